The van der Waals surface area contributed by atoms with Gasteiger partial charge in [-0.05, 0) is 56.1 Å². The first-order chi connectivity index (χ1) is 12.6. The van der Waals surface area contributed by atoms with E-state index in [0.717, 1.165) is 36.9 Å². The van der Waals surface area contributed by atoms with E-state index in [1.165, 1.54) is 12.0 Å². The van der Waals surface area contributed by atoms with Gasteiger partial charge in [0.2, 0.25) is 5.91 Å². The molecule has 0 spiro atoms. The van der Waals surface area contributed by atoms with E-state index in [2.05, 4.69) is 48.5 Å². The summed E-state index contributed by atoms with van der Waals surface area (Å²) in [6.07, 6.45) is 5.42. The third-order valence-corrected chi connectivity index (χ3v) is 4.83. The summed E-state index contributed by atoms with van der Waals surface area (Å²) in [5, 5.41) is 2.93. The summed E-state index contributed by atoms with van der Waals surface area (Å²) >= 11 is 0. The highest BCUT2D eigenvalue weighted by atomic mass is 16.3. The topological polar surface area (TPSA) is 45.5 Å². The lowest BCUT2D eigenvalue weighted by Gasteiger charge is -2.16. The predicted octanol–water partition coefficient (Wildman–Crippen LogP) is 4.05. The molecule has 2 aromatic rings. The van der Waals surface area contributed by atoms with Gasteiger partial charge in [0.15, 0.2) is 0 Å². The molecule has 1 aromatic heterocycles. The maximum absolute atomic E-state index is 11.9. The van der Waals surface area contributed by atoms with Gasteiger partial charge in [0.05, 0.1) is 0 Å². The average molecular weight is 352 g/mol. The molecule has 4 nitrogen and oxygen atoms in total. The number of benzene rings is 1. The molecule has 26 heavy (non-hydrogen) atoms. The van der Waals surface area contributed by atoms with Crippen molar-refractivity contribution in [3.05, 3.63) is 65.6 Å². The van der Waals surface area contributed by atoms with Gasteiger partial charge >= 0.3 is 0 Å². The van der Waals surface area contributed by atoms with Crippen LogP contribution < -0.4 is 5.32 Å². The van der Waals surface area contributed by atoms with Crippen LogP contribution in [0.5, 0.6) is 0 Å². The Morgan fingerprint density at radius 3 is 2.77 bits per heavy atom. The van der Waals surface area contributed by atoms with Crippen LogP contribution in [0, 0.1) is 5.92 Å². The molecule has 1 amide bonds. The van der Waals surface area contributed by atoms with Gasteiger partial charge in [-0.15, -0.1) is 0 Å². The van der Waals surface area contributed by atoms with Gasteiger partial charge < -0.3 is 14.6 Å². The van der Waals surface area contributed by atoms with Crippen LogP contribution in [-0.2, 0) is 11.3 Å². The van der Waals surface area contributed by atoms with E-state index in [-0.39, 0.29) is 5.91 Å². The molecule has 4 heteroatoms. The molecule has 1 fully saturated rings. The Balaban J connectivity index is 1.32. The van der Waals surface area contributed by atoms with Crippen molar-refractivity contribution in [3.8, 4) is 0 Å². The van der Waals surface area contributed by atoms with Crippen LogP contribution in [-0.4, -0.2) is 30.9 Å². The van der Waals surface area contributed by atoms with E-state index < -0.39 is 0 Å². The molecule has 1 aliphatic rings. The Labute approximate surface area is 155 Å². The zero-order chi connectivity index (χ0) is 18.4. The largest absolute Gasteiger partial charge is 0.461 e. The fourth-order valence-electron chi connectivity index (χ4n) is 3.13. The van der Waals surface area contributed by atoms with Crippen molar-refractivity contribution in [2.24, 2.45) is 5.92 Å². The molecule has 0 unspecified atom stereocenters. The normalized spacial score (nSPS) is 19.2. The number of amides is 1. The SMILES string of the molecule is C[C@@H]1C[C@H]1c1ccc(/C=C/C(=O)NCCCN(C)Cc2ccccc2)o1. The van der Waals surface area contributed by atoms with Gasteiger partial charge in [0.1, 0.15) is 11.5 Å². The Hall–Kier alpha value is -2.33. The second-order valence-corrected chi connectivity index (χ2v) is 7.26. The first-order valence-electron chi connectivity index (χ1n) is 9.40. The highest BCUT2D eigenvalue weighted by molar-refractivity contribution is 5.91. The Bertz CT molecular complexity index is 736. The van der Waals surface area contributed by atoms with Gasteiger partial charge in [-0.25, -0.2) is 0 Å². The maximum Gasteiger partial charge on any atom is 0.244 e. The molecule has 0 radical (unpaired) electrons. The fourth-order valence-corrected chi connectivity index (χ4v) is 3.13. The fraction of sp³-hybridized carbons (Fsp3) is 0.409. The number of hydrogen-bond donors (Lipinski definition) is 1. The second-order valence-electron chi connectivity index (χ2n) is 7.26. The summed E-state index contributed by atoms with van der Waals surface area (Å²) in [4.78, 5) is 14.2. The lowest BCUT2D eigenvalue weighted by Crippen LogP contribution is -2.26. The maximum atomic E-state index is 11.9. The molecular weight excluding hydrogens is 324 g/mol. The zero-order valence-corrected chi connectivity index (χ0v) is 15.7. The van der Waals surface area contributed by atoms with Gasteiger partial charge in [0.25, 0.3) is 0 Å². The Morgan fingerprint density at radius 1 is 1.27 bits per heavy atom. The standard InChI is InChI=1S/C22H28N2O2/c1-17-15-20(17)21-11-9-19(26-21)10-12-22(25)23-13-6-14-24(2)16-18-7-4-3-5-8-18/h3-5,7-12,17,20H,6,13-16H2,1-2H3,(H,23,25)/b12-10+/t17-,20-/m1/s1. The number of nitrogens with zero attached hydrogens (tertiary/aromatic N) is 1. The smallest absolute Gasteiger partial charge is 0.244 e. The van der Waals surface area contributed by atoms with Crippen molar-refractivity contribution in [1.29, 1.82) is 0 Å². The number of hydrogen-bond acceptors (Lipinski definition) is 3. The van der Waals surface area contributed by atoms with Gasteiger partial charge in [-0.3, -0.25) is 4.79 Å². The molecular formula is C22H28N2O2. The van der Waals surface area contributed by atoms with Crippen LogP contribution in [0.25, 0.3) is 6.08 Å². The van der Waals surface area contributed by atoms with Crippen molar-refractivity contribution >= 4 is 12.0 Å². The molecule has 1 heterocycles. The van der Waals surface area contributed by atoms with Crippen molar-refractivity contribution in [3.63, 3.8) is 0 Å². The first-order valence-corrected chi connectivity index (χ1v) is 9.40. The molecule has 138 valence electrons. The van der Waals surface area contributed by atoms with Gasteiger partial charge in [0, 0.05) is 25.1 Å². The molecule has 1 aliphatic carbocycles. The third-order valence-electron chi connectivity index (χ3n) is 4.83. The van der Waals surface area contributed by atoms with Crippen LogP contribution in [0.4, 0.5) is 0 Å². The second kappa shape index (κ2) is 8.86. The van der Waals surface area contributed by atoms with Crippen LogP contribution in [0.1, 0.15) is 42.8 Å². The van der Waals surface area contributed by atoms with Crippen LogP contribution in [0.2, 0.25) is 0 Å². The quantitative estimate of drug-likeness (QED) is 0.547. The number of furan rings is 1. The number of rotatable bonds is 9. The lowest BCUT2D eigenvalue weighted by atomic mass is 10.2. The summed E-state index contributed by atoms with van der Waals surface area (Å²) in [5.41, 5.74) is 1.31. The van der Waals surface area contributed by atoms with Crippen molar-refractivity contribution in [1.82, 2.24) is 10.2 Å². The molecule has 3 rings (SSSR count). The number of carbonyl (C=O) groups excluding carboxylic acids is 1. The molecule has 0 bridgehead atoms. The van der Waals surface area contributed by atoms with E-state index in [4.69, 9.17) is 4.42 Å². The summed E-state index contributed by atoms with van der Waals surface area (Å²) in [6, 6.07) is 14.4. The molecule has 1 saturated carbocycles. The van der Waals surface area contributed by atoms with Crippen LogP contribution in [0.3, 0.4) is 0 Å². The minimum absolute atomic E-state index is 0.0755. The van der Waals surface area contributed by atoms with Crippen LogP contribution in [0.15, 0.2) is 53.0 Å². The lowest BCUT2D eigenvalue weighted by molar-refractivity contribution is -0.116. The molecule has 0 aliphatic heterocycles. The highest BCUT2D eigenvalue weighted by Gasteiger charge is 2.36. The summed E-state index contributed by atoms with van der Waals surface area (Å²) in [6.45, 7) is 4.77. The average Bonchev–Trinajstić information content (AvgIpc) is 3.18. The molecule has 0 saturated heterocycles. The van der Waals surface area contributed by atoms with Crippen molar-refractivity contribution < 1.29 is 9.21 Å². The summed E-state index contributed by atoms with van der Waals surface area (Å²) < 4.78 is 5.77. The summed E-state index contributed by atoms with van der Waals surface area (Å²) in [7, 11) is 2.10. The van der Waals surface area contributed by atoms with E-state index >= 15 is 0 Å². The monoisotopic (exact) mass is 352 g/mol. The summed E-state index contributed by atoms with van der Waals surface area (Å²) in [5.74, 6) is 3.00. The minimum atomic E-state index is -0.0755. The highest BCUT2D eigenvalue weighted by Crippen LogP contribution is 2.47. The van der Waals surface area contributed by atoms with Crippen molar-refractivity contribution in [2.45, 2.75) is 32.2 Å². The van der Waals surface area contributed by atoms with E-state index in [1.54, 1.807) is 12.2 Å². The Morgan fingerprint density at radius 2 is 2.04 bits per heavy atom. The molecule has 1 aromatic carbocycles. The van der Waals surface area contributed by atoms with E-state index in [1.807, 2.05) is 18.2 Å². The van der Waals surface area contributed by atoms with E-state index in [9.17, 15) is 4.79 Å². The van der Waals surface area contributed by atoms with Gasteiger partial charge in [-0.2, -0.15) is 0 Å². The third kappa shape index (κ3) is 5.60. The minimum Gasteiger partial charge on any atom is -0.461 e. The van der Waals surface area contributed by atoms with Gasteiger partial charge in [-0.1, -0.05) is 37.3 Å². The Kier molecular flexibility index (Phi) is 6.29. The molecule has 2 atom stereocenters. The number of nitrogens with one attached hydrogen (secondary N) is 1. The predicted molar refractivity (Wildman–Crippen MR) is 105 cm³/mol. The van der Waals surface area contributed by atoms with E-state index in [0.29, 0.717) is 12.5 Å². The molecule has 1 N–H and O–H groups in total. The first kappa shape index (κ1) is 18.5. The van der Waals surface area contributed by atoms with Crippen molar-refractivity contribution in [2.75, 3.05) is 20.1 Å². The van der Waals surface area contributed by atoms with Crippen LogP contribution >= 0.6 is 0 Å². The zero-order valence-electron chi connectivity index (χ0n) is 15.7. The number of carbonyl (C=O) groups is 1.